The van der Waals surface area contributed by atoms with E-state index >= 15 is 0 Å². The monoisotopic (exact) mass is 270 g/mol. The van der Waals surface area contributed by atoms with Gasteiger partial charge in [-0.3, -0.25) is 4.79 Å². The molecule has 0 aromatic carbocycles. The smallest absolute Gasteiger partial charge is 0.270 e. The van der Waals surface area contributed by atoms with Gasteiger partial charge in [0.1, 0.15) is 10.8 Å². The summed E-state index contributed by atoms with van der Waals surface area (Å²) >= 11 is 7.63. The summed E-state index contributed by atoms with van der Waals surface area (Å²) in [6, 6.07) is 5.37. The molecule has 1 N–H and O–H groups in total. The highest BCUT2D eigenvalue weighted by Crippen LogP contribution is 2.28. The standard InChI is InChI=1S/C12H15ClN2OS/c1-17-9-6-5-8(7-9)14-12(16)10-3-2-4-11(13)15-10/h2-4,8-9H,5-7H2,1H3,(H,14,16). The Kier molecular flexibility index (Phi) is 4.29. The third-order valence-electron chi connectivity index (χ3n) is 3.00. The van der Waals surface area contributed by atoms with E-state index in [1.165, 1.54) is 6.42 Å². The number of hydrogen-bond acceptors (Lipinski definition) is 3. The summed E-state index contributed by atoms with van der Waals surface area (Å²) in [5.41, 5.74) is 0.394. The van der Waals surface area contributed by atoms with Gasteiger partial charge >= 0.3 is 0 Å². The molecule has 17 heavy (non-hydrogen) atoms. The Hall–Kier alpha value is -0.740. The van der Waals surface area contributed by atoms with Crippen LogP contribution in [0.25, 0.3) is 0 Å². The Bertz CT molecular complexity index is 413. The molecule has 2 rings (SSSR count). The second kappa shape index (κ2) is 5.74. The fourth-order valence-corrected chi connectivity index (χ4v) is 3.04. The van der Waals surface area contributed by atoms with E-state index < -0.39 is 0 Å². The fraction of sp³-hybridized carbons (Fsp3) is 0.500. The lowest BCUT2D eigenvalue weighted by Gasteiger charge is -2.12. The highest BCUT2D eigenvalue weighted by molar-refractivity contribution is 7.99. The first-order valence-electron chi connectivity index (χ1n) is 5.65. The molecule has 0 saturated heterocycles. The Balaban J connectivity index is 1.94. The zero-order valence-electron chi connectivity index (χ0n) is 9.65. The van der Waals surface area contributed by atoms with Gasteiger partial charge in [0.25, 0.3) is 5.91 Å². The molecule has 1 aromatic rings. The number of carbonyl (C=O) groups excluding carboxylic acids is 1. The molecule has 1 fully saturated rings. The summed E-state index contributed by atoms with van der Waals surface area (Å²) in [5.74, 6) is -0.126. The van der Waals surface area contributed by atoms with Crippen LogP contribution in [0.2, 0.25) is 5.15 Å². The molecule has 5 heteroatoms. The molecular weight excluding hydrogens is 256 g/mol. The van der Waals surface area contributed by atoms with Crippen LogP contribution in [0.5, 0.6) is 0 Å². The second-order valence-corrected chi connectivity index (χ2v) is 5.71. The van der Waals surface area contributed by atoms with Crippen molar-refractivity contribution in [1.82, 2.24) is 10.3 Å². The summed E-state index contributed by atoms with van der Waals surface area (Å²) < 4.78 is 0. The molecule has 0 bridgehead atoms. The minimum Gasteiger partial charge on any atom is -0.348 e. The van der Waals surface area contributed by atoms with E-state index in [4.69, 9.17) is 11.6 Å². The highest BCUT2D eigenvalue weighted by Gasteiger charge is 2.25. The van der Waals surface area contributed by atoms with Crippen LogP contribution in [0, 0.1) is 0 Å². The van der Waals surface area contributed by atoms with E-state index in [0.29, 0.717) is 16.1 Å². The van der Waals surface area contributed by atoms with Gasteiger partial charge in [-0.2, -0.15) is 11.8 Å². The zero-order chi connectivity index (χ0) is 12.3. The van der Waals surface area contributed by atoms with Crippen molar-refractivity contribution in [2.24, 2.45) is 0 Å². The quantitative estimate of drug-likeness (QED) is 0.859. The fourth-order valence-electron chi connectivity index (χ4n) is 2.08. The maximum absolute atomic E-state index is 11.9. The minimum absolute atomic E-state index is 0.126. The number of amides is 1. The van der Waals surface area contributed by atoms with Crippen LogP contribution >= 0.6 is 23.4 Å². The molecule has 1 saturated carbocycles. The lowest BCUT2D eigenvalue weighted by molar-refractivity contribution is 0.0933. The number of carbonyl (C=O) groups is 1. The number of halogens is 1. The normalized spacial score (nSPS) is 23.6. The summed E-state index contributed by atoms with van der Waals surface area (Å²) in [4.78, 5) is 15.9. The molecule has 92 valence electrons. The lowest BCUT2D eigenvalue weighted by Crippen LogP contribution is -2.33. The van der Waals surface area contributed by atoms with Gasteiger partial charge in [-0.1, -0.05) is 17.7 Å². The maximum atomic E-state index is 11.9. The molecule has 1 aliphatic rings. The Labute approximate surface area is 110 Å². The van der Waals surface area contributed by atoms with E-state index in [-0.39, 0.29) is 11.9 Å². The third kappa shape index (κ3) is 3.36. The first-order valence-corrected chi connectivity index (χ1v) is 7.32. The van der Waals surface area contributed by atoms with E-state index in [0.717, 1.165) is 12.8 Å². The number of thioether (sulfide) groups is 1. The van der Waals surface area contributed by atoms with Crippen LogP contribution in [0.3, 0.4) is 0 Å². The van der Waals surface area contributed by atoms with Crippen molar-refractivity contribution in [2.45, 2.75) is 30.6 Å². The maximum Gasteiger partial charge on any atom is 0.270 e. The topological polar surface area (TPSA) is 42.0 Å². The van der Waals surface area contributed by atoms with Gasteiger partial charge in [-0.15, -0.1) is 0 Å². The number of hydrogen-bond donors (Lipinski definition) is 1. The number of rotatable bonds is 3. The van der Waals surface area contributed by atoms with E-state index in [1.807, 2.05) is 11.8 Å². The van der Waals surface area contributed by atoms with Gasteiger partial charge < -0.3 is 5.32 Å². The lowest BCUT2D eigenvalue weighted by atomic mass is 10.2. The molecule has 1 aliphatic carbocycles. The van der Waals surface area contributed by atoms with Gasteiger partial charge in [-0.05, 0) is 37.7 Å². The minimum atomic E-state index is -0.126. The molecular formula is C12H15ClN2OS. The largest absolute Gasteiger partial charge is 0.348 e. The molecule has 0 spiro atoms. The van der Waals surface area contributed by atoms with Gasteiger partial charge in [-0.25, -0.2) is 4.98 Å². The van der Waals surface area contributed by atoms with Crippen LogP contribution in [-0.2, 0) is 0 Å². The highest BCUT2D eigenvalue weighted by atomic mass is 35.5. The molecule has 1 heterocycles. The predicted octanol–water partition coefficient (Wildman–Crippen LogP) is 2.75. The number of nitrogens with one attached hydrogen (secondary N) is 1. The average molecular weight is 271 g/mol. The summed E-state index contributed by atoms with van der Waals surface area (Å²) in [7, 11) is 0. The van der Waals surface area contributed by atoms with E-state index in [1.54, 1.807) is 18.2 Å². The molecule has 1 amide bonds. The number of aromatic nitrogens is 1. The van der Waals surface area contributed by atoms with E-state index in [9.17, 15) is 4.79 Å². The van der Waals surface area contributed by atoms with Crippen LogP contribution in [0.1, 0.15) is 29.8 Å². The molecule has 0 aliphatic heterocycles. The first-order chi connectivity index (χ1) is 8.19. The van der Waals surface area contributed by atoms with Gasteiger partial charge in [0.2, 0.25) is 0 Å². The van der Waals surface area contributed by atoms with Crippen molar-refractivity contribution in [2.75, 3.05) is 6.26 Å². The summed E-state index contributed by atoms with van der Waals surface area (Å²) in [6.07, 6.45) is 5.40. The molecule has 2 atom stereocenters. The second-order valence-electron chi connectivity index (χ2n) is 4.19. The Morgan fingerprint density at radius 3 is 3.00 bits per heavy atom. The zero-order valence-corrected chi connectivity index (χ0v) is 11.2. The van der Waals surface area contributed by atoms with Crippen molar-refractivity contribution in [3.05, 3.63) is 29.0 Å². The van der Waals surface area contributed by atoms with Crippen molar-refractivity contribution in [3.63, 3.8) is 0 Å². The van der Waals surface area contributed by atoms with Gasteiger partial charge in [0.05, 0.1) is 0 Å². The first kappa shape index (κ1) is 12.7. The SMILES string of the molecule is CSC1CCC(NC(=O)c2cccc(Cl)n2)C1. The Morgan fingerprint density at radius 2 is 2.35 bits per heavy atom. The van der Waals surface area contributed by atoms with Gasteiger partial charge in [0, 0.05) is 11.3 Å². The van der Waals surface area contributed by atoms with Crippen LogP contribution < -0.4 is 5.32 Å². The third-order valence-corrected chi connectivity index (χ3v) is 4.31. The van der Waals surface area contributed by atoms with Crippen molar-refractivity contribution in [3.8, 4) is 0 Å². The van der Waals surface area contributed by atoms with Crippen molar-refractivity contribution >= 4 is 29.3 Å². The molecule has 0 radical (unpaired) electrons. The van der Waals surface area contributed by atoms with Gasteiger partial charge in [0.15, 0.2) is 0 Å². The van der Waals surface area contributed by atoms with Crippen LogP contribution in [0.15, 0.2) is 18.2 Å². The molecule has 3 nitrogen and oxygen atoms in total. The summed E-state index contributed by atoms with van der Waals surface area (Å²) in [5, 5.41) is 4.04. The summed E-state index contributed by atoms with van der Waals surface area (Å²) in [6.45, 7) is 0. The van der Waals surface area contributed by atoms with Crippen LogP contribution in [-0.4, -0.2) is 28.4 Å². The van der Waals surface area contributed by atoms with Crippen molar-refractivity contribution < 1.29 is 4.79 Å². The number of pyridine rings is 1. The Morgan fingerprint density at radius 1 is 1.53 bits per heavy atom. The number of nitrogens with zero attached hydrogens (tertiary/aromatic N) is 1. The average Bonchev–Trinajstić information content (AvgIpc) is 2.77. The van der Waals surface area contributed by atoms with Crippen molar-refractivity contribution in [1.29, 1.82) is 0 Å². The predicted molar refractivity (Wildman–Crippen MR) is 71.7 cm³/mol. The van der Waals surface area contributed by atoms with E-state index in [2.05, 4.69) is 16.6 Å². The molecule has 2 unspecified atom stereocenters. The molecule has 1 aromatic heterocycles. The van der Waals surface area contributed by atoms with Crippen LogP contribution in [0.4, 0.5) is 0 Å².